The normalized spacial score (nSPS) is 12.3. The van der Waals surface area contributed by atoms with Crippen molar-refractivity contribution in [2.45, 2.75) is 12.5 Å². The minimum absolute atomic E-state index is 0.345. The Morgan fingerprint density at radius 2 is 1.81 bits per heavy atom. The molecule has 3 rings (SSSR count). The minimum atomic E-state index is -0.660. The maximum Gasteiger partial charge on any atom is 0.175 e. The van der Waals surface area contributed by atoms with Crippen LogP contribution in [0.1, 0.15) is 17.4 Å². The highest BCUT2D eigenvalue weighted by atomic mass is 35.5. The molecular formula is C17H13ClNO2. The van der Waals surface area contributed by atoms with Gasteiger partial charge in [-0.25, -0.2) is 0 Å². The highest BCUT2D eigenvalue weighted by molar-refractivity contribution is 6.30. The van der Waals surface area contributed by atoms with Crippen LogP contribution >= 0.6 is 11.6 Å². The summed E-state index contributed by atoms with van der Waals surface area (Å²) in [5.41, 5.74) is 2.30. The molecule has 1 aromatic heterocycles. The van der Waals surface area contributed by atoms with Crippen molar-refractivity contribution in [3.8, 4) is 11.3 Å². The van der Waals surface area contributed by atoms with Gasteiger partial charge in [0.1, 0.15) is 0 Å². The number of rotatable bonds is 4. The lowest BCUT2D eigenvalue weighted by atomic mass is 10.0. The van der Waals surface area contributed by atoms with E-state index in [4.69, 9.17) is 16.1 Å². The van der Waals surface area contributed by atoms with Gasteiger partial charge in [0.25, 0.3) is 0 Å². The summed E-state index contributed by atoms with van der Waals surface area (Å²) in [5.74, 6) is 0.578. The predicted molar refractivity (Wildman–Crippen MR) is 80.9 cm³/mol. The standard InChI is InChI=1S/C17H13ClNO2/c18-14-8-6-12(7-9-14)16(20)10-15-11-17(21-19-15)13-4-2-1-3-5-13/h1-9,16,20H,10H2. The molecule has 3 nitrogen and oxygen atoms in total. The van der Waals surface area contributed by atoms with E-state index in [0.717, 1.165) is 11.1 Å². The zero-order chi connectivity index (χ0) is 14.7. The van der Waals surface area contributed by atoms with Crippen LogP contribution < -0.4 is 0 Å². The van der Waals surface area contributed by atoms with Crippen LogP contribution in [0, 0.1) is 6.07 Å². The molecule has 21 heavy (non-hydrogen) atoms. The lowest BCUT2D eigenvalue weighted by Gasteiger charge is -2.08. The summed E-state index contributed by atoms with van der Waals surface area (Å²) in [6.07, 6.45) is -0.315. The Kier molecular flexibility index (Phi) is 4.04. The third kappa shape index (κ3) is 3.32. The summed E-state index contributed by atoms with van der Waals surface area (Å²) in [7, 11) is 0. The highest BCUT2D eigenvalue weighted by Crippen LogP contribution is 2.23. The number of benzene rings is 2. The van der Waals surface area contributed by atoms with Crippen LogP contribution in [-0.2, 0) is 6.42 Å². The molecule has 105 valence electrons. The number of hydrogen-bond acceptors (Lipinski definition) is 3. The fraction of sp³-hybridized carbons (Fsp3) is 0.118. The molecule has 0 aliphatic carbocycles. The van der Waals surface area contributed by atoms with Gasteiger partial charge >= 0.3 is 0 Å². The summed E-state index contributed by atoms with van der Waals surface area (Å²) in [5, 5.41) is 14.8. The summed E-state index contributed by atoms with van der Waals surface area (Å²) < 4.78 is 5.27. The first kappa shape index (κ1) is 13.9. The molecule has 1 N–H and O–H groups in total. The largest absolute Gasteiger partial charge is 0.388 e. The molecule has 2 aromatic carbocycles. The average Bonchev–Trinajstić information content (AvgIpc) is 2.97. The van der Waals surface area contributed by atoms with E-state index in [-0.39, 0.29) is 0 Å². The Labute approximate surface area is 127 Å². The van der Waals surface area contributed by atoms with Crippen LogP contribution in [-0.4, -0.2) is 10.3 Å². The molecule has 1 heterocycles. The second kappa shape index (κ2) is 6.12. The van der Waals surface area contributed by atoms with Gasteiger partial charge in [0.05, 0.1) is 17.9 Å². The van der Waals surface area contributed by atoms with Crippen molar-refractivity contribution in [2.24, 2.45) is 0 Å². The summed E-state index contributed by atoms with van der Waals surface area (Å²) >= 11 is 5.83. The van der Waals surface area contributed by atoms with Crippen LogP contribution in [0.2, 0.25) is 5.02 Å². The Morgan fingerprint density at radius 3 is 2.52 bits per heavy atom. The lowest BCUT2D eigenvalue weighted by molar-refractivity contribution is 0.175. The van der Waals surface area contributed by atoms with Crippen molar-refractivity contribution in [2.75, 3.05) is 0 Å². The molecule has 1 atom stereocenters. The maximum atomic E-state index is 10.2. The van der Waals surface area contributed by atoms with E-state index in [1.807, 2.05) is 30.3 Å². The minimum Gasteiger partial charge on any atom is -0.388 e. The maximum absolute atomic E-state index is 10.2. The van der Waals surface area contributed by atoms with Gasteiger partial charge in [-0.3, -0.25) is 0 Å². The molecule has 0 saturated heterocycles. The fourth-order valence-corrected chi connectivity index (χ4v) is 2.19. The second-order valence-corrected chi connectivity index (χ2v) is 5.16. The Hall–Kier alpha value is -2.10. The molecule has 0 saturated carbocycles. The predicted octanol–water partition coefficient (Wildman–Crippen LogP) is 4.07. The first-order chi connectivity index (χ1) is 10.2. The van der Waals surface area contributed by atoms with Crippen molar-refractivity contribution in [1.82, 2.24) is 5.16 Å². The second-order valence-electron chi connectivity index (χ2n) is 4.72. The van der Waals surface area contributed by atoms with Crippen LogP contribution in [0.4, 0.5) is 0 Å². The number of nitrogens with zero attached hydrogens (tertiary/aromatic N) is 1. The summed E-state index contributed by atoms with van der Waals surface area (Å²) in [4.78, 5) is 0. The van der Waals surface area contributed by atoms with E-state index >= 15 is 0 Å². The van der Waals surface area contributed by atoms with Gasteiger partial charge in [0.15, 0.2) is 5.76 Å². The van der Waals surface area contributed by atoms with Gasteiger partial charge in [-0.15, -0.1) is 0 Å². The zero-order valence-corrected chi connectivity index (χ0v) is 11.9. The topological polar surface area (TPSA) is 46.3 Å². The third-order valence-corrected chi connectivity index (χ3v) is 3.43. The Bertz CT molecular complexity index is 707. The molecule has 0 fully saturated rings. The molecule has 0 aliphatic rings. The first-order valence-electron chi connectivity index (χ1n) is 6.59. The third-order valence-electron chi connectivity index (χ3n) is 3.18. The van der Waals surface area contributed by atoms with Crippen LogP contribution in [0.5, 0.6) is 0 Å². The molecule has 0 spiro atoms. The fourth-order valence-electron chi connectivity index (χ4n) is 2.07. The zero-order valence-electron chi connectivity index (χ0n) is 11.2. The number of aliphatic hydroxyl groups excluding tert-OH is 1. The van der Waals surface area contributed by atoms with Crippen molar-refractivity contribution >= 4 is 11.6 Å². The van der Waals surface area contributed by atoms with Crippen molar-refractivity contribution in [3.05, 3.63) is 76.9 Å². The number of hydrogen-bond donors (Lipinski definition) is 1. The highest BCUT2D eigenvalue weighted by Gasteiger charge is 2.13. The molecule has 1 unspecified atom stereocenters. The van der Waals surface area contributed by atoms with Gasteiger partial charge in [-0.05, 0) is 17.7 Å². The first-order valence-corrected chi connectivity index (χ1v) is 6.97. The van der Waals surface area contributed by atoms with Gasteiger partial charge in [-0.1, -0.05) is 59.2 Å². The van der Waals surface area contributed by atoms with E-state index in [2.05, 4.69) is 11.2 Å². The van der Waals surface area contributed by atoms with Crippen LogP contribution in [0.15, 0.2) is 59.1 Å². The van der Waals surface area contributed by atoms with Gasteiger partial charge in [-0.2, -0.15) is 0 Å². The van der Waals surface area contributed by atoms with Crippen LogP contribution in [0.3, 0.4) is 0 Å². The quantitative estimate of drug-likeness (QED) is 0.789. The molecule has 0 aliphatic heterocycles. The number of halogens is 1. The Balaban J connectivity index is 1.74. The van der Waals surface area contributed by atoms with Gasteiger partial charge < -0.3 is 9.63 Å². The van der Waals surface area contributed by atoms with E-state index in [0.29, 0.717) is 22.9 Å². The van der Waals surface area contributed by atoms with E-state index in [1.165, 1.54) is 0 Å². The smallest absolute Gasteiger partial charge is 0.175 e. The monoisotopic (exact) mass is 298 g/mol. The summed E-state index contributed by atoms with van der Waals surface area (Å²) in [6.45, 7) is 0. The summed E-state index contributed by atoms with van der Waals surface area (Å²) in [6, 6.07) is 19.8. The number of aliphatic hydroxyl groups is 1. The SMILES string of the molecule is OC(Cc1[c]c(-c2ccccc2)on1)c1ccc(Cl)cc1. The molecular weight excluding hydrogens is 286 g/mol. The molecule has 0 amide bonds. The molecule has 1 radical (unpaired) electrons. The van der Waals surface area contributed by atoms with E-state index < -0.39 is 6.10 Å². The van der Waals surface area contributed by atoms with Crippen molar-refractivity contribution in [1.29, 1.82) is 0 Å². The Morgan fingerprint density at radius 1 is 1.10 bits per heavy atom. The van der Waals surface area contributed by atoms with Crippen molar-refractivity contribution in [3.63, 3.8) is 0 Å². The lowest BCUT2D eigenvalue weighted by Crippen LogP contribution is -2.01. The number of aromatic nitrogens is 1. The molecule has 3 aromatic rings. The van der Waals surface area contributed by atoms with Crippen LogP contribution in [0.25, 0.3) is 11.3 Å². The average molecular weight is 299 g/mol. The van der Waals surface area contributed by atoms with Gasteiger partial charge in [0.2, 0.25) is 0 Å². The van der Waals surface area contributed by atoms with Crippen molar-refractivity contribution < 1.29 is 9.63 Å². The van der Waals surface area contributed by atoms with E-state index in [1.54, 1.807) is 24.3 Å². The molecule has 4 heteroatoms. The molecule has 0 bridgehead atoms. The van der Waals surface area contributed by atoms with Gasteiger partial charge in [0, 0.05) is 17.0 Å². The van der Waals surface area contributed by atoms with E-state index in [9.17, 15) is 5.11 Å².